The molecule has 3 aromatic rings. The van der Waals surface area contributed by atoms with Crippen LogP contribution in [-0.2, 0) is 11.3 Å². The number of anilines is 1. The summed E-state index contributed by atoms with van der Waals surface area (Å²) in [4.78, 5) is 36.6. The molecule has 2 heterocycles. The van der Waals surface area contributed by atoms with Crippen LogP contribution in [0.5, 0.6) is 0 Å². The maximum atomic E-state index is 13.4. The SMILES string of the molecule is CCOC(=O)c1sc(N(Cc2ccccc2)C(=O)c2ccc(C)nc2C)nc1C. The molecule has 0 aliphatic carbocycles. The molecule has 0 aliphatic heterocycles. The molecule has 7 heteroatoms. The van der Waals surface area contributed by atoms with Gasteiger partial charge < -0.3 is 4.74 Å². The van der Waals surface area contributed by atoms with Crippen molar-refractivity contribution in [1.82, 2.24) is 9.97 Å². The number of aryl methyl sites for hydroxylation is 3. The van der Waals surface area contributed by atoms with E-state index >= 15 is 0 Å². The van der Waals surface area contributed by atoms with Gasteiger partial charge in [-0.2, -0.15) is 0 Å². The topological polar surface area (TPSA) is 72.4 Å². The van der Waals surface area contributed by atoms with Crippen LogP contribution in [0.4, 0.5) is 5.13 Å². The standard InChI is InChI=1S/C22H23N3O3S/c1-5-28-21(27)19-16(4)24-22(29-19)25(13-17-9-7-6-8-10-17)20(26)18-12-11-14(2)23-15(18)3/h6-12H,5,13H2,1-4H3. The third-order valence-electron chi connectivity index (χ3n) is 4.36. The van der Waals surface area contributed by atoms with E-state index in [0.29, 0.717) is 33.5 Å². The number of thiazole rings is 1. The van der Waals surface area contributed by atoms with Crippen molar-refractivity contribution in [3.8, 4) is 0 Å². The van der Waals surface area contributed by atoms with E-state index in [0.717, 1.165) is 11.3 Å². The Kier molecular flexibility index (Phi) is 6.39. The van der Waals surface area contributed by atoms with E-state index in [1.807, 2.05) is 50.2 Å². The highest BCUT2D eigenvalue weighted by atomic mass is 32.1. The second kappa shape index (κ2) is 8.96. The fraction of sp³-hybridized carbons (Fsp3) is 0.273. The highest BCUT2D eigenvalue weighted by Crippen LogP contribution is 2.29. The molecule has 1 aromatic carbocycles. The monoisotopic (exact) mass is 409 g/mol. The molecule has 0 saturated heterocycles. The lowest BCUT2D eigenvalue weighted by Crippen LogP contribution is -2.31. The summed E-state index contributed by atoms with van der Waals surface area (Å²) in [6.45, 7) is 7.83. The summed E-state index contributed by atoms with van der Waals surface area (Å²) in [7, 11) is 0. The summed E-state index contributed by atoms with van der Waals surface area (Å²) in [5.41, 5.74) is 3.53. The van der Waals surface area contributed by atoms with E-state index in [-0.39, 0.29) is 12.5 Å². The first-order valence-electron chi connectivity index (χ1n) is 9.35. The zero-order valence-electron chi connectivity index (χ0n) is 16.9. The maximum absolute atomic E-state index is 13.4. The first-order chi connectivity index (χ1) is 13.9. The number of pyridine rings is 1. The van der Waals surface area contributed by atoms with Crippen molar-refractivity contribution in [2.75, 3.05) is 11.5 Å². The second-order valence-corrected chi connectivity index (χ2v) is 7.57. The summed E-state index contributed by atoms with van der Waals surface area (Å²) in [6, 6.07) is 13.3. The lowest BCUT2D eigenvalue weighted by atomic mass is 10.1. The van der Waals surface area contributed by atoms with Gasteiger partial charge in [-0.3, -0.25) is 14.7 Å². The minimum atomic E-state index is -0.422. The molecule has 0 aliphatic rings. The van der Waals surface area contributed by atoms with Gasteiger partial charge in [-0.15, -0.1) is 0 Å². The van der Waals surface area contributed by atoms with Gasteiger partial charge in [-0.05, 0) is 45.4 Å². The predicted octanol–water partition coefficient (Wildman–Crippen LogP) is 4.49. The number of hydrogen-bond acceptors (Lipinski definition) is 6. The van der Waals surface area contributed by atoms with E-state index in [4.69, 9.17) is 4.74 Å². The molecule has 0 unspecified atom stereocenters. The highest BCUT2D eigenvalue weighted by Gasteiger charge is 2.26. The number of esters is 1. The Balaban J connectivity index is 2.03. The van der Waals surface area contributed by atoms with E-state index < -0.39 is 5.97 Å². The first-order valence-corrected chi connectivity index (χ1v) is 10.2. The van der Waals surface area contributed by atoms with Crippen molar-refractivity contribution in [1.29, 1.82) is 0 Å². The average Bonchev–Trinajstić information content (AvgIpc) is 3.08. The van der Waals surface area contributed by atoms with Crippen molar-refractivity contribution in [2.45, 2.75) is 34.2 Å². The minimum Gasteiger partial charge on any atom is -0.462 e. The Hall–Kier alpha value is -3.06. The number of benzene rings is 1. The molecule has 0 N–H and O–H groups in total. The number of hydrogen-bond donors (Lipinski definition) is 0. The van der Waals surface area contributed by atoms with Crippen LogP contribution in [0.15, 0.2) is 42.5 Å². The van der Waals surface area contributed by atoms with E-state index in [2.05, 4.69) is 9.97 Å². The van der Waals surface area contributed by atoms with Gasteiger partial charge in [0.2, 0.25) is 0 Å². The van der Waals surface area contributed by atoms with Gasteiger partial charge in [0, 0.05) is 5.69 Å². The normalized spacial score (nSPS) is 10.6. The third kappa shape index (κ3) is 4.68. The lowest BCUT2D eigenvalue weighted by Gasteiger charge is -2.21. The molecule has 150 valence electrons. The van der Waals surface area contributed by atoms with Gasteiger partial charge in [0.25, 0.3) is 5.91 Å². The number of rotatable bonds is 6. The van der Waals surface area contributed by atoms with Crippen LogP contribution >= 0.6 is 11.3 Å². The van der Waals surface area contributed by atoms with Gasteiger partial charge in [0.1, 0.15) is 4.88 Å². The molecule has 6 nitrogen and oxygen atoms in total. The molecule has 1 amide bonds. The third-order valence-corrected chi connectivity index (χ3v) is 5.52. The second-order valence-electron chi connectivity index (χ2n) is 6.59. The van der Waals surface area contributed by atoms with Crippen LogP contribution in [0.25, 0.3) is 0 Å². The van der Waals surface area contributed by atoms with Crippen LogP contribution in [0.2, 0.25) is 0 Å². The Labute approximate surface area is 174 Å². The largest absolute Gasteiger partial charge is 0.462 e. The number of carbonyl (C=O) groups excluding carboxylic acids is 2. The van der Waals surface area contributed by atoms with Gasteiger partial charge in [0.05, 0.1) is 30.1 Å². The van der Waals surface area contributed by atoms with Crippen molar-refractivity contribution < 1.29 is 14.3 Å². The van der Waals surface area contributed by atoms with Crippen LogP contribution in [-0.4, -0.2) is 28.5 Å². The van der Waals surface area contributed by atoms with Crippen LogP contribution < -0.4 is 4.90 Å². The van der Waals surface area contributed by atoms with Crippen LogP contribution in [0.3, 0.4) is 0 Å². The molecule has 0 atom stereocenters. The number of carbonyl (C=O) groups is 2. The van der Waals surface area contributed by atoms with Gasteiger partial charge in [-0.25, -0.2) is 9.78 Å². The number of aromatic nitrogens is 2. The molecule has 0 radical (unpaired) electrons. The fourth-order valence-electron chi connectivity index (χ4n) is 2.93. The van der Waals surface area contributed by atoms with E-state index in [9.17, 15) is 9.59 Å². The highest BCUT2D eigenvalue weighted by molar-refractivity contribution is 7.17. The minimum absolute atomic E-state index is 0.206. The summed E-state index contributed by atoms with van der Waals surface area (Å²) in [5.74, 6) is -0.628. The molecular weight excluding hydrogens is 386 g/mol. The quantitative estimate of drug-likeness (QED) is 0.561. The van der Waals surface area contributed by atoms with Crippen molar-refractivity contribution >= 4 is 28.3 Å². The molecule has 0 spiro atoms. The Morgan fingerprint density at radius 1 is 1.00 bits per heavy atom. The van der Waals surface area contributed by atoms with Crippen LogP contribution in [0.1, 0.15) is 49.6 Å². The summed E-state index contributed by atoms with van der Waals surface area (Å²) in [6.07, 6.45) is 0. The average molecular weight is 410 g/mol. The molecule has 3 rings (SSSR count). The summed E-state index contributed by atoms with van der Waals surface area (Å²) in [5, 5.41) is 0.458. The molecule has 0 fully saturated rings. The lowest BCUT2D eigenvalue weighted by molar-refractivity contribution is 0.0531. The smallest absolute Gasteiger partial charge is 0.350 e. The number of amides is 1. The number of nitrogens with zero attached hydrogens (tertiary/aromatic N) is 3. The van der Waals surface area contributed by atoms with E-state index in [1.54, 1.807) is 24.8 Å². The van der Waals surface area contributed by atoms with Gasteiger partial charge in [0.15, 0.2) is 5.13 Å². The number of ether oxygens (including phenoxy) is 1. The molecule has 2 aromatic heterocycles. The van der Waals surface area contributed by atoms with Gasteiger partial charge in [-0.1, -0.05) is 41.7 Å². The van der Waals surface area contributed by atoms with Gasteiger partial charge >= 0.3 is 5.97 Å². The Bertz CT molecular complexity index is 1030. The Morgan fingerprint density at radius 3 is 2.38 bits per heavy atom. The molecule has 29 heavy (non-hydrogen) atoms. The predicted molar refractivity (Wildman–Crippen MR) is 113 cm³/mol. The van der Waals surface area contributed by atoms with E-state index in [1.165, 1.54) is 11.3 Å². The maximum Gasteiger partial charge on any atom is 0.350 e. The molecule has 0 saturated carbocycles. The van der Waals surface area contributed by atoms with Crippen LogP contribution in [0, 0.1) is 20.8 Å². The van der Waals surface area contributed by atoms with Crippen molar-refractivity contribution in [2.24, 2.45) is 0 Å². The zero-order chi connectivity index (χ0) is 21.0. The Morgan fingerprint density at radius 2 is 1.72 bits per heavy atom. The molecular formula is C22H23N3O3S. The first kappa shape index (κ1) is 20.7. The summed E-state index contributed by atoms with van der Waals surface area (Å²) < 4.78 is 5.12. The zero-order valence-corrected chi connectivity index (χ0v) is 17.7. The fourth-order valence-corrected chi connectivity index (χ4v) is 3.89. The summed E-state index contributed by atoms with van der Waals surface area (Å²) >= 11 is 1.17. The molecule has 0 bridgehead atoms. The van der Waals surface area contributed by atoms with Crippen molar-refractivity contribution in [3.05, 3.63) is 75.6 Å². The van der Waals surface area contributed by atoms with Crippen molar-refractivity contribution in [3.63, 3.8) is 0 Å².